The second-order valence-electron chi connectivity index (χ2n) is 7.17. The molecule has 0 spiro atoms. The molecular formula is C27H45NO4. The number of ether oxygens (including phenoxy) is 3. The Bertz CT molecular complexity index is 550. The van der Waals surface area contributed by atoms with Gasteiger partial charge < -0.3 is 19.5 Å². The normalized spacial score (nSPS) is 12.4. The van der Waals surface area contributed by atoms with Crippen LogP contribution in [0.25, 0.3) is 0 Å². The highest BCUT2D eigenvalue weighted by molar-refractivity contribution is 5.75. The molecule has 0 aromatic carbocycles. The van der Waals surface area contributed by atoms with Crippen LogP contribution in [0.5, 0.6) is 0 Å². The molecule has 0 bridgehead atoms. The van der Waals surface area contributed by atoms with Crippen molar-refractivity contribution in [2.45, 2.75) is 58.3 Å². The van der Waals surface area contributed by atoms with E-state index in [0.717, 1.165) is 44.9 Å². The molecular weight excluding hydrogens is 402 g/mol. The fraction of sp³-hybridized carbons (Fsp3) is 0.593. The first-order valence-corrected chi connectivity index (χ1v) is 12.0. The van der Waals surface area contributed by atoms with Gasteiger partial charge in [0.2, 0.25) is 5.91 Å². The van der Waals surface area contributed by atoms with Crippen LogP contribution in [0.15, 0.2) is 60.8 Å². The van der Waals surface area contributed by atoms with Crippen LogP contribution in [-0.2, 0) is 19.0 Å². The highest BCUT2D eigenvalue weighted by atomic mass is 16.5. The van der Waals surface area contributed by atoms with Gasteiger partial charge in [0, 0.05) is 20.1 Å². The molecule has 182 valence electrons. The lowest BCUT2D eigenvalue weighted by Crippen LogP contribution is -2.27. The summed E-state index contributed by atoms with van der Waals surface area (Å²) in [5, 5.41) is 2.87. The Kier molecular flexibility index (Phi) is 25.4. The first-order chi connectivity index (χ1) is 15.8. The van der Waals surface area contributed by atoms with E-state index in [2.05, 4.69) is 73.0 Å². The van der Waals surface area contributed by atoms with Gasteiger partial charge in [-0.2, -0.15) is 0 Å². The largest absolute Gasteiger partial charge is 0.382 e. The second kappa shape index (κ2) is 27.1. The number of hydrogen-bond donors (Lipinski definition) is 1. The number of carbonyl (C=O) groups excluding carboxylic acids is 1. The second-order valence-corrected chi connectivity index (χ2v) is 7.17. The zero-order valence-corrected chi connectivity index (χ0v) is 20.3. The molecule has 0 heterocycles. The summed E-state index contributed by atoms with van der Waals surface area (Å²) in [6, 6.07) is 0. The molecule has 0 aromatic heterocycles. The number of nitrogens with one attached hydrogen (secondary N) is 1. The van der Waals surface area contributed by atoms with E-state index in [-0.39, 0.29) is 5.91 Å². The Morgan fingerprint density at radius 1 is 0.688 bits per heavy atom. The predicted octanol–water partition coefficient (Wildman–Crippen LogP) is 5.70. The minimum Gasteiger partial charge on any atom is -0.382 e. The van der Waals surface area contributed by atoms with Crippen molar-refractivity contribution in [1.82, 2.24) is 5.32 Å². The van der Waals surface area contributed by atoms with Crippen LogP contribution in [0.1, 0.15) is 58.3 Å². The molecule has 0 saturated heterocycles. The molecule has 32 heavy (non-hydrogen) atoms. The lowest BCUT2D eigenvalue weighted by atomic mass is 10.2. The van der Waals surface area contributed by atoms with E-state index >= 15 is 0 Å². The van der Waals surface area contributed by atoms with Crippen LogP contribution < -0.4 is 5.32 Å². The molecule has 0 aliphatic carbocycles. The molecule has 0 rings (SSSR count). The number of methoxy groups -OCH3 is 1. The van der Waals surface area contributed by atoms with E-state index in [1.165, 1.54) is 0 Å². The number of unbranched alkanes of at least 4 members (excludes halogenated alkanes) is 1. The van der Waals surface area contributed by atoms with E-state index < -0.39 is 0 Å². The molecule has 0 atom stereocenters. The Morgan fingerprint density at radius 2 is 1.19 bits per heavy atom. The van der Waals surface area contributed by atoms with E-state index in [1.54, 1.807) is 7.11 Å². The average Bonchev–Trinajstić information content (AvgIpc) is 2.80. The van der Waals surface area contributed by atoms with Crippen LogP contribution in [-0.4, -0.2) is 52.6 Å². The fourth-order valence-corrected chi connectivity index (χ4v) is 2.56. The molecule has 1 N–H and O–H groups in total. The molecule has 0 unspecified atom stereocenters. The van der Waals surface area contributed by atoms with Crippen molar-refractivity contribution >= 4 is 5.91 Å². The lowest BCUT2D eigenvalue weighted by molar-refractivity contribution is -0.121. The molecule has 0 radical (unpaired) electrons. The SMILES string of the molecule is CCC=CCC=CCC=CCC=CCC=CCCCC(=O)NCCOCCOCCOC. The molecule has 5 heteroatoms. The Balaban J connectivity index is 3.43. The fourth-order valence-electron chi connectivity index (χ4n) is 2.56. The third-order valence-corrected chi connectivity index (χ3v) is 4.30. The molecule has 0 aliphatic heterocycles. The Hall–Kier alpha value is -1.95. The summed E-state index contributed by atoms with van der Waals surface area (Å²) in [5.41, 5.74) is 0. The predicted molar refractivity (Wildman–Crippen MR) is 135 cm³/mol. The van der Waals surface area contributed by atoms with Gasteiger partial charge in [0.25, 0.3) is 0 Å². The topological polar surface area (TPSA) is 56.8 Å². The highest BCUT2D eigenvalue weighted by Gasteiger charge is 1.99. The minimum absolute atomic E-state index is 0.0808. The maximum absolute atomic E-state index is 11.8. The quantitative estimate of drug-likeness (QED) is 0.171. The van der Waals surface area contributed by atoms with Crippen LogP contribution in [0.4, 0.5) is 0 Å². The number of allylic oxidation sites excluding steroid dienone is 10. The average molecular weight is 448 g/mol. The number of hydrogen-bond acceptors (Lipinski definition) is 4. The van der Waals surface area contributed by atoms with Crippen molar-refractivity contribution in [3.63, 3.8) is 0 Å². The van der Waals surface area contributed by atoms with Crippen LogP contribution in [0, 0.1) is 0 Å². The van der Waals surface area contributed by atoms with Gasteiger partial charge in [-0.15, -0.1) is 0 Å². The summed E-state index contributed by atoms with van der Waals surface area (Å²) in [7, 11) is 1.64. The first kappa shape index (κ1) is 30.0. The summed E-state index contributed by atoms with van der Waals surface area (Å²) in [6.07, 6.45) is 29.3. The van der Waals surface area contributed by atoms with Crippen LogP contribution in [0.3, 0.4) is 0 Å². The van der Waals surface area contributed by atoms with Gasteiger partial charge >= 0.3 is 0 Å². The van der Waals surface area contributed by atoms with Crippen molar-refractivity contribution in [2.75, 3.05) is 46.7 Å². The zero-order chi connectivity index (χ0) is 23.4. The maximum Gasteiger partial charge on any atom is 0.220 e. The Morgan fingerprint density at radius 3 is 1.75 bits per heavy atom. The molecule has 0 fully saturated rings. The maximum atomic E-state index is 11.8. The van der Waals surface area contributed by atoms with Gasteiger partial charge in [0.1, 0.15) is 0 Å². The molecule has 0 aliphatic rings. The van der Waals surface area contributed by atoms with E-state index in [9.17, 15) is 4.79 Å². The van der Waals surface area contributed by atoms with Gasteiger partial charge in [-0.25, -0.2) is 0 Å². The smallest absolute Gasteiger partial charge is 0.220 e. The van der Waals surface area contributed by atoms with Gasteiger partial charge in [-0.1, -0.05) is 67.7 Å². The summed E-state index contributed by atoms with van der Waals surface area (Å²) < 4.78 is 15.6. The van der Waals surface area contributed by atoms with Crippen molar-refractivity contribution in [1.29, 1.82) is 0 Å². The van der Waals surface area contributed by atoms with Crippen molar-refractivity contribution in [3.05, 3.63) is 60.8 Å². The summed E-state index contributed by atoms with van der Waals surface area (Å²) >= 11 is 0. The standard InChI is InChI=1S/C27H45NO4/c1-3-4-5-6-7-8-9-10-11-12-13-14-15-16-17-18-19-20-27(29)28-21-22-31-25-26-32-24-23-30-2/h4-5,7-8,10-11,13-14,16-17H,3,6,9,12,15,18-26H2,1-2H3,(H,28,29). The van der Waals surface area contributed by atoms with Crippen molar-refractivity contribution in [3.8, 4) is 0 Å². The van der Waals surface area contributed by atoms with E-state index in [1.807, 2.05) is 0 Å². The lowest BCUT2D eigenvalue weighted by Gasteiger charge is -2.07. The minimum atomic E-state index is 0.0808. The number of carbonyl (C=O) groups is 1. The monoisotopic (exact) mass is 447 g/mol. The van der Waals surface area contributed by atoms with Gasteiger partial charge in [-0.05, 0) is 44.9 Å². The summed E-state index contributed by atoms with van der Waals surface area (Å²) in [4.78, 5) is 11.8. The third-order valence-electron chi connectivity index (χ3n) is 4.30. The Labute approximate surface area is 196 Å². The summed E-state index contributed by atoms with van der Waals surface area (Å²) in [6.45, 7) is 5.45. The number of amides is 1. The van der Waals surface area contributed by atoms with Crippen LogP contribution >= 0.6 is 0 Å². The van der Waals surface area contributed by atoms with E-state index in [0.29, 0.717) is 46.0 Å². The van der Waals surface area contributed by atoms with Gasteiger partial charge in [0.15, 0.2) is 0 Å². The van der Waals surface area contributed by atoms with Crippen LogP contribution in [0.2, 0.25) is 0 Å². The van der Waals surface area contributed by atoms with Gasteiger partial charge in [0.05, 0.1) is 33.0 Å². The van der Waals surface area contributed by atoms with E-state index in [4.69, 9.17) is 14.2 Å². The third kappa shape index (κ3) is 26.1. The molecule has 1 amide bonds. The molecule has 5 nitrogen and oxygen atoms in total. The van der Waals surface area contributed by atoms with Crippen molar-refractivity contribution < 1.29 is 19.0 Å². The number of rotatable bonds is 22. The highest BCUT2D eigenvalue weighted by Crippen LogP contribution is 1.99. The molecule has 0 aromatic rings. The van der Waals surface area contributed by atoms with Gasteiger partial charge in [-0.3, -0.25) is 4.79 Å². The molecule has 0 saturated carbocycles. The summed E-state index contributed by atoms with van der Waals surface area (Å²) in [5.74, 6) is 0.0808. The first-order valence-electron chi connectivity index (χ1n) is 12.0. The van der Waals surface area contributed by atoms with Crippen molar-refractivity contribution in [2.24, 2.45) is 0 Å². The zero-order valence-electron chi connectivity index (χ0n) is 20.3.